The standard InChI is InChI=1S/CH4O4S.Li.H/c2-1-6(3,4)5;;/h2H,1H2,(H,3,4,5);;/q;+1;-1. The van der Waals surface area contributed by atoms with Gasteiger partial charge in [-0.1, -0.05) is 0 Å². The van der Waals surface area contributed by atoms with Crippen LogP contribution in [-0.2, 0) is 10.1 Å². The molecular weight excluding hydrogens is 115 g/mol. The molecule has 0 unspecified atom stereocenters. The van der Waals surface area contributed by atoms with Gasteiger partial charge >= 0.3 is 18.9 Å². The van der Waals surface area contributed by atoms with Crippen molar-refractivity contribution < 1.29 is 38.4 Å². The van der Waals surface area contributed by atoms with Crippen molar-refractivity contribution in [1.82, 2.24) is 0 Å². The Kier molecular flexibility index (Phi) is 5.18. The summed E-state index contributed by atoms with van der Waals surface area (Å²) in [7, 11) is -4.11. The maximum Gasteiger partial charge on any atom is 1.00 e. The second-order valence-electron chi connectivity index (χ2n) is 0.711. The van der Waals surface area contributed by atoms with Gasteiger partial charge in [0.25, 0.3) is 10.1 Å². The quantitative estimate of drug-likeness (QED) is 0.273. The zero-order valence-corrected chi connectivity index (χ0v) is 4.64. The van der Waals surface area contributed by atoms with Crippen LogP contribution in [0.4, 0.5) is 0 Å². The molecular formula is CH5LiO4S. The summed E-state index contributed by atoms with van der Waals surface area (Å²) in [6.45, 7) is 0. The van der Waals surface area contributed by atoms with Crippen LogP contribution in [0.1, 0.15) is 1.43 Å². The molecule has 0 spiro atoms. The summed E-state index contributed by atoms with van der Waals surface area (Å²) in [5.41, 5.74) is 0. The van der Waals surface area contributed by atoms with Gasteiger partial charge in [0.1, 0.15) is 0 Å². The van der Waals surface area contributed by atoms with E-state index in [9.17, 15) is 8.42 Å². The van der Waals surface area contributed by atoms with Crippen LogP contribution in [0.3, 0.4) is 0 Å². The second-order valence-corrected chi connectivity index (χ2v) is 2.13. The summed E-state index contributed by atoms with van der Waals surface area (Å²) < 4.78 is 26.2. The van der Waals surface area contributed by atoms with Crippen molar-refractivity contribution in [2.75, 3.05) is 5.94 Å². The SMILES string of the molecule is O=S(=O)(O)CO.[H-].[Li+]. The minimum atomic E-state index is -4.11. The summed E-state index contributed by atoms with van der Waals surface area (Å²) in [6.07, 6.45) is 0. The fraction of sp³-hybridized carbons (Fsp3) is 1.00. The molecule has 0 aliphatic heterocycles. The van der Waals surface area contributed by atoms with Crippen molar-refractivity contribution in [2.24, 2.45) is 0 Å². The molecule has 0 bridgehead atoms. The van der Waals surface area contributed by atoms with E-state index in [4.69, 9.17) is 9.66 Å². The number of hydrogen-bond donors (Lipinski definition) is 2. The zero-order valence-electron chi connectivity index (χ0n) is 4.83. The molecule has 2 N–H and O–H groups in total. The smallest absolute Gasteiger partial charge is 1.00 e. The fourth-order valence-corrected chi connectivity index (χ4v) is 0. The molecule has 4 nitrogen and oxygen atoms in total. The molecule has 0 fully saturated rings. The molecule has 0 aromatic carbocycles. The molecule has 0 rings (SSSR count). The van der Waals surface area contributed by atoms with Crippen LogP contribution in [0.15, 0.2) is 0 Å². The third-order valence-electron chi connectivity index (χ3n) is 0.163. The molecule has 0 aliphatic rings. The molecule has 0 radical (unpaired) electrons. The first-order chi connectivity index (χ1) is 2.56. The predicted octanol–water partition coefficient (Wildman–Crippen LogP) is -4.06. The van der Waals surface area contributed by atoms with Gasteiger partial charge in [0.05, 0.1) is 0 Å². The van der Waals surface area contributed by atoms with Crippen molar-refractivity contribution >= 4 is 10.1 Å². The Hall–Kier alpha value is 0.467. The van der Waals surface area contributed by atoms with Crippen molar-refractivity contribution in [3.05, 3.63) is 0 Å². The Balaban J connectivity index is -0.000000125. The van der Waals surface area contributed by atoms with Crippen molar-refractivity contribution in [1.29, 1.82) is 0 Å². The number of aliphatic hydroxyl groups excluding tert-OH is 1. The Morgan fingerprint density at radius 3 is 1.71 bits per heavy atom. The second kappa shape index (κ2) is 3.47. The summed E-state index contributed by atoms with van der Waals surface area (Å²) in [6, 6.07) is 0. The average molecular weight is 120 g/mol. The van der Waals surface area contributed by atoms with E-state index < -0.39 is 16.1 Å². The van der Waals surface area contributed by atoms with Crippen LogP contribution in [0, 0.1) is 0 Å². The van der Waals surface area contributed by atoms with Crippen LogP contribution < -0.4 is 18.9 Å². The average Bonchev–Trinajstić information content (AvgIpc) is 1.35. The van der Waals surface area contributed by atoms with Gasteiger partial charge in [0.15, 0.2) is 5.94 Å². The topological polar surface area (TPSA) is 74.6 Å². The molecule has 0 aliphatic carbocycles. The monoisotopic (exact) mass is 120 g/mol. The third-order valence-corrected chi connectivity index (χ3v) is 0.489. The molecule has 0 saturated carbocycles. The van der Waals surface area contributed by atoms with E-state index in [-0.39, 0.29) is 20.3 Å². The first-order valence-corrected chi connectivity index (χ1v) is 2.73. The molecule has 0 amide bonds. The maximum absolute atomic E-state index is 9.31. The Bertz CT molecular complexity index is 118. The number of aliphatic hydroxyl groups is 1. The minimum Gasteiger partial charge on any atom is -1.00 e. The normalized spacial score (nSPS) is 10.0. The third kappa shape index (κ3) is 10.7. The van der Waals surface area contributed by atoms with Crippen molar-refractivity contribution in [2.45, 2.75) is 0 Å². The summed E-state index contributed by atoms with van der Waals surface area (Å²) in [5, 5.41) is 7.56. The van der Waals surface area contributed by atoms with Gasteiger partial charge in [-0.2, -0.15) is 8.42 Å². The van der Waals surface area contributed by atoms with Crippen LogP contribution in [0.2, 0.25) is 0 Å². The van der Waals surface area contributed by atoms with E-state index in [0.717, 1.165) is 0 Å². The first kappa shape index (κ1) is 10.4. The molecule has 0 saturated heterocycles. The van der Waals surface area contributed by atoms with Crippen LogP contribution in [-0.4, -0.2) is 24.0 Å². The number of hydrogen-bond acceptors (Lipinski definition) is 3. The fourth-order valence-electron chi connectivity index (χ4n) is 0. The maximum atomic E-state index is 9.31. The van der Waals surface area contributed by atoms with E-state index in [1.54, 1.807) is 0 Å². The van der Waals surface area contributed by atoms with Crippen LogP contribution >= 0.6 is 0 Å². The van der Waals surface area contributed by atoms with Gasteiger partial charge in [-0.3, -0.25) is 4.55 Å². The van der Waals surface area contributed by atoms with Crippen molar-refractivity contribution in [3.8, 4) is 0 Å². The molecule has 6 heteroatoms. The molecule has 0 aromatic rings. The predicted molar refractivity (Wildman–Crippen MR) is 19.7 cm³/mol. The molecule has 0 heterocycles. The van der Waals surface area contributed by atoms with Crippen molar-refractivity contribution in [3.63, 3.8) is 0 Å². The van der Waals surface area contributed by atoms with E-state index in [2.05, 4.69) is 0 Å². The van der Waals surface area contributed by atoms with Crippen LogP contribution in [0.25, 0.3) is 0 Å². The van der Waals surface area contributed by atoms with Gasteiger partial charge < -0.3 is 6.53 Å². The van der Waals surface area contributed by atoms with Gasteiger partial charge in [-0.25, -0.2) is 0 Å². The van der Waals surface area contributed by atoms with E-state index in [1.807, 2.05) is 0 Å². The summed E-state index contributed by atoms with van der Waals surface area (Å²) in [4.78, 5) is 0. The van der Waals surface area contributed by atoms with Gasteiger partial charge in [0.2, 0.25) is 0 Å². The van der Waals surface area contributed by atoms with E-state index in [1.165, 1.54) is 0 Å². The summed E-state index contributed by atoms with van der Waals surface area (Å²) >= 11 is 0. The van der Waals surface area contributed by atoms with E-state index in [0.29, 0.717) is 0 Å². The Morgan fingerprint density at radius 1 is 1.57 bits per heavy atom. The molecule has 0 atom stereocenters. The Morgan fingerprint density at radius 2 is 1.71 bits per heavy atom. The minimum absolute atomic E-state index is 0. The molecule has 0 aromatic heterocycles. The Labute approximate surface area is 54.9 Å². The molecule has 40 valence electrons. The van der Waals surface area contributed by atoms with Gasteiger partial charge in [-0.05, 0) is 0 Å². The van der Waals surface area contributed by atoms with Gasteiger partial charge in [-0.15, -0.1) is 0 Å². The zero-order chi connectivity index (χ0) is 5.21. The molecule has 7 heavy (non-hydrogen) atoms. The van der Waals surface area contributed by atoms with E-state index >= 15 is 0 Å². The van der Waals surface area contributed by atoms with Gasteiger partial charge in [0, 0.05) is 0 Å². The first-order valence-electron chi connectivity index (χ1n) is 1.12. The summed E-state index contributed by atoms with van der Waals surface area (Å²) in [5.74, 6) is -1.20. The largest absolute Gasteiger partial charge is 1.00 e. The van der Waals surface area contributed by atoms with Crippen LogP contribution in [0.5, 0.6) is 0 Å². The number of rotatable bonds is 1.